The Bertz CT molecular complexity index is 1090. The van der Waals surface area contributed by atoms with E-state index in [0.717, 1.165) is 23.2 Å². The van der Waals surface area contributed by atoms with E-state index in [9.17, 15) is 13.2 Å². The third kappa shape index (κ3) is 3.71. The summed E-state index contributed by atoms with van der Waals surface area (Å²) in [7, 11) is -3.42. The first-order chi connectivity index (χ1) is 13.0. The molecule has 0 unspecified atom stereocenters. The van der Waals surface area contributed by atoms with Gasteiger partial charge in [-0.1, -0.05) is 12.1 Å². The maximum Gasteiger partial charge on any atom is 0.271 e. The Morgan fingerprint density at radius 1 is 1.11 bits per heavy atom. The lowest BCUT2D eigenvalue weighted by atomic mass is 10.3. The Hall–Kier alpha value is -2.36. The fourth-order valence-corrected chi connectivity index (χ4v) is 5.94. The van der Waals surface area contributed by atoms with Gasteiger partial charge in [-0.2, -0.15) is 4.31 Å². The van der Waals surface area contributed by atoms with Crippen molar-refractivity contribution in [3.63, 3.8) is 0 Å². The summed E-state index contributed by atoms with van der Waals surface area (Å²) < 4.78 is 27.0. The highest BCUT2D eigenvalue weighted by atomic mass is 32.2. The molecule has 3 aromatic rings. The Kier molecular flexibility index (Phi) is 4.90. The topological polar surface area (TPSA) is 92.3 Å². The average Bonchev–Trinajstić information content (AvgIpc) is 3.38. The van der Waals surface area contributed by atoms with Crippen LogP contribution in [0.2, 0.25) is 0 Å². The van der Waals surface area contributed by atoms with Gasteiger partial charge in [-0.3, -0.25) is 9.78 Å². The van der Waals surface area contributed by atoms with Crippen molar-refractivity contribution in [1.82, 2.24) is 19.6 Å². The quantitative estimate of drug-likeness (QED) is 0.707. The number of rotatable bonds is 5. The number of nitrogens with zero attached hydrogens (tertiary/aromatic N) is 3. The van der Waals surface area contributed by atoms with Gasteiger partial charge < -0.3 is 5.32 Å². The smallest absolute Gasteiger partial charge is 0.271 e. The van der Waals surface area contributed by atoms with Gasteiger partial charge in [-0.05, 0) is 37.1 Å². The molecular formula is C18H18N4O3S2. The molecule has 140 valence electrons. The van der Waals surface area contributed by atoms with Gasteiger partial charge in [-0.15, -0.1) is 11.3 Å². The van der Waals surface area contributed by atoms with E-state index in [0.29, 0.717) is 22.8 Å². The maximum absolute atomic E-state index is 12.6. The second-order valence-corrected chi connectivity index (χ2v) is 9.59. The molecule has 0 atom stereocenters. The highest BCUT2D eigenvalue weighted by molar-refractivity contribution is 7.91. The number of nitrogens with one attached hydrogen (secondary N) is 1. The molecule has 1 aliphatic rings. The molecule has 1 saturated heterocycles. The van der Waals surface area contributed by atoms with Crippen LogP contribution in [0, 0.1) is 0 Å². The lowest BCUT2D eigenvalue weighted by Crippen LogP contribution is -2.27. The lowest BCUT2D eigenvalue weighted by Gasteiger charge is -2.13. The molecule has 9 heteroatoms. The van der Waals surface area contributed by atoms with E-state index in [1.165, 1.54) is 21.8 Å². The number of para-hydroxylation sites is 2. The Labute approximate surface area is 161 Å². The summed E-state index contributed by atoms with van der Waals surface area (Å²) >= 11 is 1.19. The summed E-state index contributed by atoms with van der Waals surface area (Å²) in [5.41, 5.74) is 1.61. The van der Waals surface area contributed by atoms with Crippen LogP contribution in [0.3, 0.4) is 0 Å². The molecule has 1 aliphatic heterocycles. The van der Waals surface area contributed by atoms with Crippen LogP contribution in [0.5, 0.6) is 0 Å². The van der Waals surface area contributed by atoms with E-state index in [2.05, 4.69) is 15.3 Å². The average molecular weight is 403 g/mol. The van der Waals surface area contributed by atoms with Gasteiger partial charge in [0.05, 0.1) is 23.8 Å². The minimum atomic E-state index is -3.42. The van der Waals surface area contributed by atoms with Gasteiger partial charge in [0, 0.05) is 18.0 Å². The minimum absolute atomic E-state index is 0.232. The Balaban J connectivity index is 1.44. The molecular weight excluding hydrogens is 384 g/mol. The zero-order valence-electron chi connectivity index (χ0n) is 14.5. The van der Waals surface area contributed by atoms with Crippen molar-refractivity contribution in [1.29, 1.82) is 0 Å². The molecule has 1 amide bonds. The van der Waals surface area contributed by atoms with Crippen LogP contribution in [0.1, 0.15) is 28.2 Å². The fraction of sp³-hybridized carbons (Fsp3) is 0.278. The van der Waals surface area contributed by atoms with Crippen molar-refractivity contribution in [3.05, 3.63) is 53.2 Å². The summed E-state index contributed by atoms with van der Waals surface area (Å²) in [5, 5.41) is 2.77. The van der Waals surface area contributed by atoms with E-state index in [1.807, 2.05) is 18.2 Å². The fourth-order valence-electron chi connectivity index (χ4n) is 2.97. The van der Waals surface area contributed by atoms with Crippen LogP contribution in [-0.4, -0.2) is 41.7 Å². The van der Waals surface area contributed by atoms with Crippen LogP contribution in [-0.2, 0) is 16.6 Å². The normalized spacial score (nSPS) is 15.3. The van der Waals surface area contributed by atoms with Crippen LogP contribution in [0.25, 0.3) is 11.0 Å². The standard InChI is InChI=1S/C18H18N4O3S2/c23-18(16-12-19-14-5-1-2-6-15(14)21-16)20-11-13-7-8-17(26-13)27(24,25)22-9-3-4-10-22/h1-2,5-8,12H,3-4,9-11H2,(H,20,23). The van der Waals surface area contributed by atoms with E-state index < -0.39 is 10.0 Å². The number of sulfonamides is 1. The predicted octanol–water partition coefficient (Wildman–Crippen LogP) is 2.41. The van der Waals surface area contributed by atoms with Crippen LogP contribution >= 0.6 is 11.3 Å². The number of aromatic nitrogens is 2. The molecule has 27 heavy (non-hydrogen) atoms. The molecule has 7 nitrogen and oxygen atoms in total. The third-order valence-electron chi connectivity index (χ3n) is 4.40. The molecule has 1 N–H and O–H groups in total. The van der Waals surface area contributed by atoms with Gasteiger partial charge in [0.25, 0.3) is 15.9 Å². The number of carbonyl (C=O) groups excluding carboxylic acids is 1. The van der Waals surface area contributed by atoms with Crippen molar-refractivity contribution < 1.29 is 13.2 Å². The van der Waals surface area contributed by atoms with E-state index in [-0.39, 0.29) is 18.1 Å². The molecule has 1 fully saturated rings. The zero-order valence-corrected chi connectivity index (χ0v) is 16.1. The second-order valence-electron chi connectivity index (χ2n) is 6.26. The van der Waals surface area contributed by atoms with Gasteiger partial charge in [0.1, 0.15) is 9.90 Å². The molecule has 2 aromatic heterocycles. The van der Waals surface area contributed by atoms with Gasteiger partial charge in [0.15, 0.2) is 0 Å². The first-order valence-electron chi connectivity index (χ1n) is 8.63. The van der Waals surface area contributed by atoms with Crippen molar-refractivity contribution in [2.24, 2.45) is 0 Å². The number of amides is 1. The zero-order chi connectivity index (χ0) is 18.9. The van der Waals surface area contributed by atoms with Crippen molar-refractivity contribution in [3.8, 4) is 0 Å². The maximum atomic E-state index is 12.6. The molecule has 4 rings (SSSR count). The van der Waals surface area contributed by atoms with Crippen LogP contribution in [0.15, 0.2) is 46.8 Å². The SMILES string of the molecule is O=C(NCc1ccc(S(=O)(=O)N2CCCC2)s1)c1cnc2ccccc2n1. The monoisotopic (exact) mass is 402 g/mol. The largest absolute Gasteiger partial charge is 0.346 e. The van der Waals surface area contributed by atoms with E-state index in [4.69, 9.17) is 0 Å². The first-order valence-corrected chi connectivity index (χ1v) is 10.9. The Morgan fingerprint density at radius 3 is 2.63 bits per heavy atom. The number of hydrogen-bond donors (Lipinski definition) is 1. The lowest BCUT2D eigenvalue weighted by molar-refractivity contribution is 0.0946. The number of carbonyl (C=O) groups is 1. The van der Waals surface area contributed by atoms with Crippen molar-refractivity contribution in [2.45, 2.75) is 23.6 Å². The predicted molar refractivity (Wildman–Crippen MR) is 103 cm³/mol. The summed E-state index contributed by atoms with van der Waals surface area (Å²) in [6.07, 6.45) is 3.25. The number of benzene rings is 1. The van der Waals surface area contributed by atoms with E-state index >= 15 is 0 Å². The van der Waals surface area contributed by atoms with Gasteiger partial charge >= 0.3 is 0 Å². The summed E-state index contributed by atoms with van der Waals surface area (Å²) in [4.78, 5) is 21.7. The highest BCUT2D eigenvalue weighted by Gasteiger charge is 2.28. The third-order valence-corrected chi connectivity index (χ3v) is 7.85. The molecule has 0 saturated carbocycles. The van der Waals surface area contributed by atoms with Crippen molar-refractivity contribution in [2.75, 3.05) is 13.1 Å². The van der Waals surface area contributed by atoms with Gasteiger partial charge in [-0.25, -0.2) is 13.4 Å². The minimum Gasteiger partial charge on any atom is -0.346 e. The number of fused-ring (bicyclic) bond motifs is 1. The van der Waals surface area contributed by atoms with Crippen LogP contribution < -0.4 is 5.32 Å². The summed E-state index contributed by atoms with van der Waals surface area (Å²) in [5.74, 6) is -0.342. The van der Waals surface area contributed by atoms with Crippen LogP contribution in [0.4, 0.5) is 0 Å². The Morgan fingerprint density at radius 2 is 1.85 bits per heavy atom. The van der Waals surface area contributed by atoms with Gasteiger partial charge in [0.2, 0.25) is 0 Å². The first kappa shape index (κ1) is 18.0. The highest BCUT2D eigenvalue weighted by Crippen LogP contribution is 2.27. The van der Waals surface area contributed by atoms with E-state index in [1.54, 1.807) is 18.2 Å². The number of thiophene rings is 1. The second kappa shape index (κ2) is 7.34. The molecule has 3 heterocycles. The molecule has 0 aliphatic carbocycles. The molecule has 0 spiro atoms. The number of hydrogen-bond acceptors (Lipinski definition) is 6. The van der Waals surface area contributed by atoms with Crippen molar-refractivity contribution >= 4 is 38.3 Å². The molecule has 1 aromatic carbocycles. The molecule has 0 radical (unpaired) electrons. The molecule has 0 bridgehead atoms. The summed E-state index contributed by atoms with van der Waals surface area (Å²) in [6, 6.07) is 10.7. The summed E-state index contributed by atoms with van der Waals surface area (Å²) in [6.45, 7) is 1.40.